The lowest BCUT2D eigenvalue weighted by molar-refractivity contribution is -0.113. The van der Waals surface area contributed by atoms with Gasteiger partial charge in [0.15, 0.2) is 5.78 Å². The van der Waals surface area contributed by atoms with Gasteiger partial charge in [0, 0.05) is 11.5 Å². The van der Waals surface area contributed by atoms with E-state index in [9.17, 15) is 4.79 Å². The zero-order valence-electron chi connectivity index (χ0n) is 6.64. The molecule has 0 saturated heterocycles. The van der Waals surface area contributed by atoms with E-state index in [2.05, 4.69) is 6.08 Å². The molecule has 10 heavy (non-hydrogen) atoms. The Balaban J connectivity index is 2.85. The average Bonchev–Trinajstić information content (AvgIpc) is 2.10. The summed E-state index contributed by atoms with van der Waals surface area (Å²) < 4.78 is 0. The monoisotopic (exact) mass is 136 g/mol. The minimum absolute atomic E-state index is 0.195. The first kappa shape index (κ1) is 7.26. The van der Waals surface area contributed by atoms with Crippen molar-refractivity contribution in [1.82, 2.24) is 0 Å². The van der Waals surface area contributed by atoms with Crippen LogP contribution in [0.1, 0.15) is 20.8 Å². The molecule has 1 heteroatoms. The van der Waals surface area contributed by atoms with Gasteiger partial charge in [-0.2, -0.15) is 0 Å². The maximum Gasteiger partial charge on any atom is 0.156 e. The first-order valence-corrected chi connectivity index (χ1v) is 3.52. The van der Waals surface area contributed by atoms with Crippen LogP contribution >= 0.6 is 0 Å². The highest BCUT2D eigenvalue weighted by atomic mass is 16.1. The molecule has 0 heterocycles. The fourth-order valence-corrected chi connectivity index (χ4v) is 1.33. The van der Waals surface area contributed by atoms with Crippen molar-refractivity contribution in [3.63, 3.8) is 0 Å². The molecule has 1 atom stereocenters. The fourth-order valence-electron chi connectivity index (χ4n) is 1.33. The Labute approximate surface area is 61.4 Å². The molecule has 1 unspecified atom stereocenters. The summed E-state index contributed by atoms with van der Waals surface area (Å²) in [6, 6.07) is 0. The van der Waals surface area contributed by atoms with Gasteiger partial charge in [-0.1, -0.05) is 24.6 Å². The van der Waals surface area contributed by atoms with Crippen LogP contribution in [0.5, 0.6) is 0 Å². The van der Waals surface area contributed by atoms with Crippen LogP contribution in [-0.2, 0) is 4.79 Å². The SMILES string of the molecule is CC(=O)C1=CC(C)=CC1C. The van der Waals surface area contributed by atoms with Crippen molar-refractivity contribution in [1.29, 1.82) is 0 Å². The van der Waals surface area contributed by atoms with Crippen molar-refractivity contribution in [2.45, 2.75) is 20.8 Å². The van der Waals surface area contributed by atoms with Crippen LogP contribution in [0.3, 0.4) is 0 Å². The first-order chi connectivity index (χ1) is 4.61. The average molecular weight is 136 g/mol. The summed E-state index contributed by atoms with van der Waals surface area (Å²) in [5, 5.41) is 0. The van der Waals surface area contributed by atoms with Crippen LogP contribution in [0.15, 0.2) is 23.3 Å². The molecule has 0 aromatic rings. The summed E-state index contributed by atoms with van der Waals surface area (Å²) in [5.74, 6) is 0.526. The number of rotatable bonds is 1. The molecular formula is C9H12O. The third-order valence-electron chi connectivity index (χ3n) is 1.79. The molecule has 54 valence electrons. The van der Waals surface area contributed by atoms with Gasteiger partial charge in [-0.15, -0.1) is 0 Å². The van der Waals surface area contributed by atoms with Gasteiger partial charge in [0.05, 0.1) is 0 Å². The standard InChI is InChI=1S/C9H12O/c1-6-4-7(2)9(5-6)8(3)10/h4-5,7H,1-3H3. The van der Waals surface area contributed by atoms with E-state index in [0.29, 0.717) is 5.92 Å². The normalized spacial score (nSPS) is 24.1. The van der Waals surface area contributed by atoms with Gasteiger partial charge in [-0.3, -0.25) is 4.79 Å². The third kappa shape index (κ3) is 1.18. The molecular weight excluding hydrogens is 124 g/mol. The van der Waals surface area contributed by atoms with E-state index in [-0.39, 0.29) is 5.78 Å². The maximum absolute atomic E-state index is 10.9. The molecule has 1 aliphatic carbocycles. The number of hydrogen-bond acceptors (Lipinski definition) is 1. The van der Waals surface area contributed by atoms with Crippen molar-refractivity contribution in [3.8, 4) is 0 Å². The highest BCUT2D eigenvalue weighted by molar-refractivity contribution is 5.95. The number of allylic oxidation sites excluding steroid dienone is 4. The Morgan fingerprint density at radius 3 is 2.40 bits per heavy atom. The lowest BCUT2D eigenvalue weighted by atomic mass is 10.0. The van der Waals surface area contributed by atoms with Crippen molar-refractivity contribution < 1.29 is 4.79 Å². The van der Waals surface area contributed by atoms with Gasteiger partial charge in [-0.05, 0) is 13.8 Å². The highest BCUT2D eigenvalue weighted by Crippen LogP contribution is 2.23. The minimum Gasteiger partial charge on any atom is -0.295 e. The number of ketones is 1. The molecule has 1 rings (SSSR count). The van der Waals surface area contributed by atoms with Crippen LogP contribution in [-0.4, -0.2) is 5.78 Å². The largest absolute Gasteiger partial charge is 0.295 e. The Morgan fingerprint density at radius 1 is 1.60 bits per heavy atom. The zero-order chi connectivity index (χ0) is 7.72. The number of carbonyl (C=O) groups excluding carboxylic acids is 1. The van der Waals surface area contributed by atoms with Gasteiger partial charge in [0.25, 0.3) is 0 Å². The van der Waals surface area contributed by atoms with Crippen LogP contribution in [0, 0.1) is 5.92 Å². The molecule has 0 amide bonds. The van der Waals surface area contributed by atoms with Crippen molar-refractivity contribution in [2.75, 3.05) is 0 Å². The minimum atomic E-state index is 0.195. The quantitative estimate of drug-likeness (QED) is 0.539. The van der Waals surface area contributed by atoms with Crippen molar-refractivity contribution in [3.05, 3.63) is 23.3 Å². The second-order valence-corrected chi connectivity index (χ2v) is 2.86. The second-order valence-electron chi connectivity index (χ2n) is 2.86. The lowest BCUT2D eigenvalue weighted by Gasteiger charge is -2.00. The number of carbonyl (C=O) groups is 1. The van der Waals surface area contributed by atoms with E-state index >= 15 is 0 Å². The second kappa shape index (κ2) is 2.41. The Hall–Kier alpha value is -0.850. The molecule has 0 aliphatic heterocycles. The summed E-state index contributed by atoms with van der Waals surface area (Å²) in [6.07, 6.45) is 4.07. The number of Topliss-reactive ketones (excluding diaryl/α,β-unsaturated/α-hetero) is 1. The van der Waals surface area contributed by atoms with Crippen LogP contribution in [0.25, 0.3) is 0 Å². The van der Waals surface area contributed by atoms with E-state index < -0.39 is 0 Å². The highest BCUT2D eigenvalue weighted by Gasteiger charge is 2.15. The summed E-state index contributed by atoms with van der Waals surface area (Å²) in [4.78, 5) is 10.9. The van der Waals surface area contributed by atoms with Crippen LogP contribution < -0.4 is 0 Å². The van der Waals surface area contributed by atoms with E-state index in [1.54, 1.807) is 6.92 Å². The Bertz CT molecular complexity index is 221. The van der Waals surface area contributed by atoms with E-state index in [4.69, 9.17) is 0 Å². The van der Waals surface area contributed by atoms with Crippen LogP contribution in [0.4, 0.5) is 0 Å². The summed E-state index contributed by atoms with van der Waals surface area (Å²) in [5.41, 5.74) is 2.15. The Kier molecular flexibility index (Phi) is 1.75. The predicted molar refractivity (Wildman–Crippen MR) is 41.7 cm³/mol. The molecule has 1 nitrogen and oxygen atoms in total. The van der Waals surface area contributed by atoms with Crippen molar-refractivity contribution in [2.24, 2.45) is 5.92 Å². The van der Waals surface area contributed by atoms with E-state index in [1.807, 2.05) is 19.9 Å². The number of hydrogen-bond donors (Lipinski definition) is 0. The molecule has 0 radical (unpaired) electrons. The van der Waals surface area contributed by atoms with Crippen molar-refractivity contribution >= 4 is 5.78 Å². The summed E-state index contributed by atoms with van der Waals surface area (Å²) in [7, 11) is 0. The lowest BCUT2D eigenvalue weighted by Crippen LogP contribution is -2.01. The molecule has 0 aromatic carbocycles. The fraction of sp³-hybridized carbons (Fsp3) is 0.444. The molecule has 1 aliphatic rings. The first-order valence-electron chi connectivity index (χ1n) is 3.52. The van der Waals surface area contributed by atoms with Gasteiger partial charge in [0.2, 0.25) is 0 Å². The van der Waals surface area contributed by atoms with Gasteiger partial charge < -0.3 is 0 Å². The third-order valence-corrected chi connectivity index (χ3v) is 1.79. The van der Waals surface area contributed by atoms with Crippen LogP contribution in [0.2, 0.25) is 0 Å². The smallest absolute Gasteiger partial charge is 0.156 e. The topological polar surface area (TPSA) is 17.1 Å². The van der Waals surface area contributed by atoms with Gasteiger partial charge >= 0.3 is 0 Å². The molecule has 0 N–H and O–H groups in total. The van der Waals surface area contributed by atoms with Gasteiger partial charge in [-0.25, -0.2) is 0 Å². The molecule has 0 bridgehead atoms. The Morgan fingerprint density at radius 2 is 2.20 bits per heavy atom. The molecule has 0 spiro atoms. The molecule has 0 aromatic heterocycles. The molecule has 0 fully saturated rings. The maximum atomic E-state index is 10.9. The van der Waals surface area contributed by atoms with Gasteiger partial charge in [0.1, 0.15) is 0 Å². The van der Waals surface area contributed by atoms with E-state index in [1.165, 1.54) is 5.57 Å². The molecule has 0 saturated carbocycles. The summed E-state index contributed by atoms with van der Waals surface area (Å²) >= 11 is 0. The summed E-state index contributed by atoms with van der Waals surface area (Å²) in [6.45, 7) is 5.69. The zero-order valence-corrected chi connectivity index (χ0v) is 6.64. The predicted octanol–water partition coefficient (Wildman–Crippen LogP) is 2.10. The van der Waals surface area contributed by atoms with E-state index in [0.717, 1.165) is 5.57 Å².